The van der Waals surface area contributed by atoms with Gasteiger partial charge in [0, 0.05) is 18.3 Å². The molecule has 0 amide bonds. The molecule has 2 rings (SSSR count). The fourth-order valence-corrected chi connectivity index (χ4v) is 3.16. The second kappa shape index (κ2) is 6.69. The fraction of sp³-hybridized carbons (Fsp3) is 0.231. The Morgan fingerprint density at radius 3 is 2.77 bits per heavy atom. The van der Waals surface area contributed by atoms with Crippen LogP contribution in [0, 0.1) is 0 Å². The summed E-state index contributed by atoms with van der Waals surface area (Å²) >= 11 is 0. The van der Waals surface area contributed by atoms with E-state index in [9.17, 15) is 18.3 Å². The van der Waals surface area contributed by atoms with Crippen LogP contribution in [0.3, 0.4) is 0 Å². The van der Waals surface area contributed by atoms with Crippen molar-refractivity contribution in [2.24, 2.45) is 0 Å². The van der Waals surface area contributed by atoms with Gasteiger partial charge in [-0.3, -0.25) is 0 Å². The van der Waals surface area contributed by atoms with E-state index in [1.54, 1.807) is 0 Å². The number of aromatic nitrogens is 2. The summed E-state index contributed by atoms with van der Waals surface area (Å²) in [5, 5.41) is 18.2. The molecule has 118 valence electrons. The number of hydrogen-bond donors (Lipinski definition) is 4. The van der Waals surface area contributed by atoms with E-state index in [0.717, 1.165) is 6.07 Å². The molecule has 1 heterocycles. The van der Waals surface area contributed by atoms with Crippen molar-refractivity contribution in [1.82, 2.24) is 14.7 Å². The van der Waals surface area contributed by atoms with Gasteiger partial charge in [-0.25, -0.2) is 22.9 Å². The minimum absolute atomic E-state index is 0.128. The molecule has 0 aliphatic carbocycles. The highest BCUT2D eigenvalue weighted by atomic mass is 32.2. The number of aliphatic hydroxyl groups is 1. The molecule has 0 aliphatic heterocycles. The highest BCUT2D eigenvalue weighted by molar-refractivity contribution is 7.89. The molecular weight excluding hydrogens is 310 g/mol. The second-order valence-corrected chi connectivity index (χ2v) is 6.33. The number of nitrogens with one attached hydrogen (secondary N) is 2. The number of nitrogens with zero attached hydrogens (tertiary/aromatic N) is 1. The molecule has 4 N–H and O–H groups in total. The standard InChI is InChI=1S/C13H15N3O5S/c17-7-11(5-10-6-14-8-15-10)16-22(20,21)12-3-1-2-9(4-12)13(18)19/h1-4,6,8,11,16-17H,5,7H2,(H,14,15)(H,18,19)/t11-/m0/s1. The quantitative estimate of drug-likeness (QED) is 0.566. The lowest BCUT2D eigenvalue weighted by Crippen LogP contribution is -2.39. The molecule has 9 heteroatoms. The average molecular weight is 325 g/mol. The number of hydrogen-bond acceptors (Lipinski definition) is 5. The van der Waals surface area contributed by atoms with Crippen LogP contribution < -0.4 is 4.72 Å². The highest BCUT2D eigenvalue weighted by Gasteiger charge is 2.21. The van der Waals surface area contributed by atoms with E-state index in [-0.39, 0.29) is 16.9 Å². The van der Waals surface area contributed by atoms with Crippen LogP contribution in [0.2, 0.25) is 0 Å². The molecule has 2 aromatic rings. The van der Waals surface area contributed by atoms with Gasteiger partial charge in [-0.2, -0.15) is 0 Å². The number of carboxylic acid groups (broad SMARTS) is 1. The third kappa shape index (κ3) is 3.91. The molecule has 1 atom stereocenters. The molecular formula is C13H15N3O5S. The van der Waals surface area contributed by atoms with Crippen molar-refractivity contribution in [3.05, 3.63) is 48.0 Å². The van der Waals surface area contributed by atoms with E-state index >= 15 is 0 Å². The predicted octanol–water partition coefficient (Wildman–Crippen LogP) is -0.0102. The third-order valence-corrected chi connectivity index (χ3v) is 4.47. The molecule has 0 fully saturated rings. The summed E-state index contributed by atoms with van der Waals surface area (Å²) in [6.07, 6.45) is 3.21. The van der Waals surface area contributed by atoms with Crippen molar-refractivity contribution >= 4 is 16.0 Å². The van der Waals surface area contributed by atoms with Crippen LogP contribution in [-0.4, -0.2) is 47.2 Å². The lowest BCUT2D eigenvalue weighted by atomic mass is 10.2. The van der Waals surface area contributed by atoms with Gasteiger partial charge in [-0.15, -0.1) is 0 Å². The Morgan fingerprint density at radius 1 is 1.41 bits per heavy atom. The number of carboxylic acids is 1. The third-order valence-electron chi connectivity index (χ3n) is 2.95. The molecule has 0 saturated heterocycles. The predicted molar refractivity (Wildman–Crippen MR) is 76.9 cm³/mol. The number of aromatic carboxylic acids is 1. The van der Waals surface area contributed by atoms with Gasteiger partial charge in [0.15, 0.2) is 0 Å². The summed E-state index contributed by atoms with van der Waals surface area (Å²) in [5.41, 5.74) is 0.540. The van der Waals surface area contributed by atoms with Crippen molar-refractivity contribution in [2.75, 3.05) is 6.61 Å². The first kappa shape index (κ1) is 16.1. The van der Waals surface area contributed by atoms with E-state index in [0.29, 0.717) is 5.69 Å². The SMILES string of the molecule is O=C(O)c1cccc(S(=O)(=O)N[C@H](CO)Cc2cnc[nH]2)c1. The van der Waals surface area contributed by atoms with Crippen LogP contribution in [0.25, 0.3) is 0 Å². The molecule has 0 radical (unpaired) electrons. The van der Waals surface area contributed by atoms with E-state index in [2.05, 4.69) is 14.7 Å². The highest BCUT2D eigenvalue weighted by Crippen LogP contribution is 2.13. The lowest BCUT2D eigenvalue weighted by molar-refractivity contribution is 0.0696. The van der Waals surface area contributed by atoms with Gasteiger partial charge < -0.3 is 15.2 Å². The molecule has 0 spiro atoms. The van der Waals surface area contributed by atoms with E-state index in [1.807, 2.05) is 0 Å². The first-order valence-electron chi connectivity index (χ1n) is 6.36. The fourth-order valence-electron chi connectivity index (χ4n) is 1.89. The van der Waals surface area contributed by atoms with E-state index in [4.69, 9.17) is 5.11 Å². The summed E-state index contributed by atoms with van der Waals surface area (Å²) in [6, 6.07) is 4.25. The topological polar surface area (TPSA) is 132 Å². The Bertz CT molecular complexity index is 743. The molecule has 1 aromatic heterocycles. The Kier molecular flexibility index (Phi) is 4.91. The minimum Gasteiger partial charge on any atom is -0.478 e. The van der Waals surface area contributed by atoms with Crippen molar-refractivity contribution < 1.29 is 23.4 Å². The summed E-state index contributed by atoms with van der Waals surface area (Å²) in [6.45, 7) is -0.406. The van der Waals surface area contributed by atoms with Gasteiger partial charge in [0.05, 0.1) is 29.4 Å². The van der Waals surface area contributed by atoms with Gasteiger partial charge in [-0.1, -0.05) is 6.07 Å². The molecule has 8 nitrogen and oxygen atoms in total. The van der Waals surface area contributed by atoms with E-state index in [1.165, 1.54) is 30.7 Å². The molecule has 0 saturated carbocycles. The number of carbonyl (C=O) groups is 1. The van der Waals surface area contributed by atoms with Gasteiger partial charge in [0.2, 0.25) is 10.0 Å². The second-order valence-electron chi connectivity index (χ2n) is 4.61. The molecule has 0 unspecified atom stereocenters. The molecule has 0 aliphatic rings. The molecule has 0 bridgehead atoms. The number of rotatable bonds is 7. The van der Waals surface area contributed by atoms with Gasteiger partial charge in [0.1, 0.15) is 0 Å². The summed E-state index contributed by atoms with van der Waals surface area (Å²) in [5.74, 6) is -1.21. The first-order chi connectivity index (χ1) is 10.4. The summed E-state index contributed by atoms with van der Waals surface area (Å²) in [7, 11) is -3.94. The normalized spacial score (nSPS) is 13.0. The lowest BCUT2D eigenvalue weighted by Gasteiger charge is -2.15. The monoisotopic (exact) mass is 325 g/mol. The Hall–Kier alpha value is -2.23. The van der Waals surface area contributed by atoms with Crippen molar-refractivity contribution in [2.45, 2.75) is 17.4 Å². The number of aliphatic hydroxyl groups excluding tert-OH is 1. The van der Waals surface area contributed by atoms with Crippen molar-refractivity contribution in [3.63, 3.8) is 0 Å². The Balaban J connectivity index is 2.18. The van der Waals surface area contributed by atoms with Crippen LogP contribution in [0.5, 0.6) is 0 Å². The average Bonchev–Trinajstić information content (AvgIpc) is 2.99. The van der Waals surface area contributed by atoms with Crippen molar-refractivity contribution in [1.29, 1.82) is 0 Å². The number of imidazole rings is 1. The van der Waals surface area contributed by atoms with Crippen LogP contribution in [0.15, 0.2) is 41.7 Å². The maximum atomic E-state index is 12.3. The summed E-state index contributed by atoms with van der Waals surface area (Å²) < 4.78 is 26.9. The molecule has 22 heavy (non-hydrogen) atoms. The van der Waals surface area contributed by atoms with Crippen molar-refractivity contribution in [3.8, 4) is 0 Å². The van der Waals surface area contributed by atoms with Gasteiger partial charge in [-0.05, 0) is 18.2 Å². The maximum Gasteiger partial charge on any atom is 0.335 e. The van der Waals surface area contributed by atoms with Gasteiger partial charge in [0.25, 0.3) is 0 Å². The smallest absolute Gasteiger partial charge is 0.335 e. The first-order valence-corrected chi connectivity index (χ1v) is 7.84. The van der Waals surface area contributed by atoms with Crippen LogP contribution in [0.1, 0.15) is 16.1 Å². The van der Waals surface area contributed by atoms with Crippen LogP contribution >= 0.6 is 0 Å². The minimum atomic E-state index is -3.94. The van der Waals surface area contributed by atoms with Crippen LogP contribution in [0.4, 0.5) is 0 Å². The Labute approximate surface area is 126 Å². The zero-order valence-corrected chi connectivity index (χ0v) is 12.2. The zero-order valence-electron chi connectivity index (χ0n) is 11.4. The summed E-state index contributed by atoms with van der Waals surface area (Å²) in [4.78, 5) is 17.4. The maximum absolute atomic E-state index is 12.3. The number of H-pyrrole nitrogens is 1. The Morgan fingerprint density at radius 2 is 2.18 bits per heavy atom. The number of sulfonamides is 1. The largest absolute Gasteiger partial charge is 0.478 e. The number of aromatic amines is 1. The molecule has 1 aromatic carbocycles. The number of benzene rings is 1. The van der Waals surface area contributed by atoms with Gasteiger partial charge >= 0.3 is 5.97 Å². The zero-order chi connectivity index (χ0) is 16.2. The van der Waals surface area contributed by atoms with E-state index < -0.39 is 28.6 Å². The van der Waals surface area contributed by atoms with Crippen LogP contribution in [-0.2, 0) is 16.4 Å².